The van der Waals surface area contributed by atoms with Gasteiger partial charge in [-0.1, -0.05) is 36.4 Å². The first-order valence-corrected chi connectivity index (χ1v) is 6.83. The van der Waals surface area contributed by atoms with Gasteiger partial charge in [0.15, 0.2) is 0 Å². The van der Waals surface area contributed by atoms with Crippen LogP contribution in [0.15, 0.2) is 30.3 Å². The summed E-state index contributed by atoms with van der Waals surface area (Å²) in [5.41, 5.74) is 1.15. The first-order valence-electron chi connectivity index (χ1n) is 5.11. The maximum absolute atomic E-state index is 5.40. The molecule has 0 unspecified atom stereocenters. The molecule has 0 aliphatic rings. The zero-order valence-electron chi connectivity index (χ0n) is 10.2. The number of hydrogen-bond donors (Lipinski definition) is 0. The highest BCUT2D eigenvalue weighted by atomic mass is 28.4. The Labute approximate surface area is 98.0 Å². The van der Waals surface area contributed by atoms with E-state index >= 15 is 0 Å². The summed E-state index contributed by atoms with van der Waals surface area (Å²) in [5.74, 6) is 0. The predicted octanol–water partition coefficient (Wildman–Crippen LogP) is 1.80. The first kappa shape index (κ1) is 13.1. The largest absolute Gasteiger partial charge is 0.536 e. The van der Waals surface area contributed by atoms with Gasteiger partial charge in [-0.05, 0) is 12.5 Å². The van der Waals surface area contributed by atoms with Crippen LogP contribution in [0.1, 0.15) is 12.5 Å². The van der Waals surface area contributed by atoms with Crippen molar-refractivity contribution in [3.05, 3.63) is 35.9 Å². The molecule has 0 fully saturated rings. The van der Waals surface area contributed by atoms with Crippen LogP contribution in [0, 0.1) is 0 Å². The highest BCUT2D eigenvalue weighted by Crippen LogP contribution is 2.08. The molecule has 0 atom stereocenters. The van der Waals surface area contributed by atoms with Crippen molar-refractivity contribution in [2.45, 2.75) is 6.92 Å². The standard InChI is InChI=1S/C12H18O3Si/c1-5-6-11-7-9-12(10-8-11)16(13-2,14-3)15-4/h5-10H,1-4H3. The lowest BCUT2D eigenvalue weighted by molar-refractivity contribution is 0.140. The molecule has 1 rings (SSSR count). The SMILES string of the molecule is CC=Cc1ccc([Si](OC)(OC)OC)cc1. The summed E-state index contributed by atoms with van der Waals surface area (Å²) in [6.07, 6.45) is 4.04. The predicted molar refractivity (Wildman–Crippen MR) is 67.6 cm³/mol. The molecule has 4 heteroatoms. The van der Waals surface area contributed by atoms with Gasteiger partial charge in [-0.25, -0.2) is 0 Å². The van der Waals surface area contributed by atoms with Gasteiger partial charge in [0, 0.05) is 26.5 Å². The molecule has 0 aromatic heterocycles. The number of allylic oxidation sites excluding steroid dienone is 1. The van der Waals surface area contributed by atoms with E-state index in [-0.39, 0.29) is 0 Å². The van der Waals surface area contributed by atoms with Gasteiger partial charge in [0.2, 0.25) is 0 Å². The van der Waals surface area contributed by atoms with Gasteiger partial charge in [-0.15, -0.1) is 0 Å². The van der Waals surface area contributed by atoms with E-state index in [0.29, 0.717) is 0 Å². The van der Waals surface area contributed by atoms with Crippen LogP contribution in [0.25, 0.3) is 6.08 Å². The smallest absolute Gasteiger partial charge is 0.373 e. The van der Waals surface area contributed by atoms with E-state index < -0.39 is 8.80 Å². The zero-order chi connectivity index (χ0) is 12.0. The summed E-state index contributed by atoms with van der Waals surface area (Å²) in [6.45, 7) is 1.99. The van der Waals surface area contributed by atoms with E-state index in [2.05, 4.69) is 0 Å². The second-order valence-corrected chi connectivity index (χ2v) is 6.21. The number of benzene rings is 1. The van der Waals surface area contributed by atoms with Crippen LogP contribution in [0.3, 0.4) is 0 Å². The Hall–Kier alpha value is -0.943. The van der Waals surface area contributed by atoms with Gasteiger partial charge in [-0.2, -0.15) is 0 Å². The van der Waals surface area contributed by atoms with Crippen molar-refractivity contribution in [1.82, 2.24) is 0 Å². The van der Waals surface area contributed by atoms with Crippen LogP contribution in [-0.4, -0.2) is 30.1 Å². The Morgan fingerprint density at radius 3 is 1.81 bits per heavy atom. The zero-order valence-corrected chi connectivity index (χ0v) is 11.2. The summed E-state index contributed by atoms with van der Waals surface area (Å²) in [7, 11) is 2.17. The second kappa shape index (κ2) is 5.96. The van der Waals surface area contributed by atoms with Crippen molar-refractivity contribution in [2.75, 3.05) is 21.3 Å². The van der Waals surface area contributed by atoms with Crippen LogP contribution in [-0.2, 0) is 13.3 Å². The summed E-state index contributed by atoms with van der Waals surface area (Å²) in [5, 5.41) is 0.966. The molecular formula is C12H18O3Si. The van der Waals surface area contributed by atoms with Gasteiger partial charge in [-0.3, -0.25) is 0 Å². The molecule has 0 heterocycles. The fourth-order valence-corrected chi connectivity index (χ4v) is 3.38. The summed E-state index contributed by atoms with van der Waals surface area (Å²) in [4.78, 5) is 0. The molecule has 1 aromatic rings. The molecule has 0 amide bonds. The third-order valence-corrected chi connectivity index (χ3v) is 5.08. The van der Waals surface area contributed by atoms with E-state index in [1.807, 2.05) is 43.3 Å². The third-order valence-electron chi connectivity index (χ3n) is 2.43. The molecule has 0 bridgehead atoms. The minimum absolute atomic E-state index is 0.966. The summed E-state index contributed by atoms with van der Waals surface area (Å²) in [6, 6.07) is 8.01. The number of rotatable bonds is 5. The van der Waals surface area contributed by atoms with Crippen LogP contribution < -0.4 is 5.19 Å². The topological polar surface area (TPSA) is 27.7 Å². The molecule has 0 spiro atoms. The fraction of sp³-hybridized carbons (Fsp3) is 0.333. The quantitative estimate of drug-likeness (QED) is 0.732. The Kier molecular flexibility index (Phi) is 4.89. The molecule has 3 nitrogen and oxygen atoms in total. The number of hydrogen-bond acceptors (Lipinski definition) is 3. The molecule has 0 radical (unpaired) electrons. The lowest BCUT2D eigenvalue weighted by Crippen LogP contribution is -2.54. The fourth-order valence-electron chi connectivity index (χ4n) is 1.59. The van der Waals surface area contributed by atoms with Crippen LogP contribution in [0.5, 0.6) is 0 Å². The van der Waals surface area contributed by atoms with E-state index in [1.54, 1.807) is 21.3 Å². The van der Waals surface area contributed by atoms with Gasteiger partial charge in [0.1, 0.15) is 0 Å². The van der Waals surface area contributed by atoms with Crippen LogP contribution in [0.2, 0.25) is 0 Å². The highest BCUT2D eigenvalue weighted by molar-refractivity contribution is 6.75. The third kappa shape index (κ3) is 2.59. The van der Waals surface area contributed by atoms with Crippen LogP contribution in [0.4, 0.5) is 0 Å². The Morgan fingerprint density at radius 1 is 0.938 bits per heavy atom. The van der Waals surface area contributed by atoms with Gasteiger partial charge >= 0.3 is 8.80 Å². The average Bonchev–Trinajstić information content (AvgIpc) is 2.34. The average molecular weight is 238 g/mol. The van der Waals surface area contributed by atoms with E-state index in [4.69, 9.17) is 13.3 Å². The normalized spacial score (nSPS) is 12.2. The van der Waals surface area contributed by atoms with Crippen molar-refractivity contribution in [2.24, 2.45) is 0 Å². The molecule has 0 aliphatic carbocycles. The van der Waals surface area contributed by atoms with Crippen LogP contribution >= 0.6 is 0 Å². The minimum atomic E-state index is -2.66. The Balaban J connectivity index is 3.03. The van der Waals surface area contributed by atoms with Crippen molar-refractivity contribution in [3.63, 3.8) is 0 Å². The minimum Gasteiger partial charge on any atom is -0.373 e. The monoisotopic (exact) mass is 238 g/mol. The van der Waals surface area contributed by atoms with Crippen molar-refractivity contribution in [1.29, 1.82) is 0 Å². The molecule has 0 N–H and O–H groups in total. The molecule has 88 valence electrons. The Morgan fingerprint density at radius 2 is 1.44 bits per heavy atom. The van der Waals surface area contributed by atoms with Gasteiger partial charge < -0.3 is 13.3 Å². The van der Waals surface area contributed by atoms with Gasteiger partial charge in [0.05, 0.1) is 0 Å². The maximum Gasteiger partial charge on any atom is 0.536 e. The first-order chi connectivity index (χ1) is 7.72. The summed E-state index contributed by atoms with van der Waals surface area (Å²) >= 11 is 0. The maximum atomic E-state index is 5.40. The summed E-state index contributed by atoms with van der Waals surface area (Å²) < 4.78 is 16.2. The Bertz CT molecular complexity index is 334. The van der Waals surface area contributed by atoms with E-state index in [1.165, 1.54) is 0 Å². The molecule has 1 aromatic carbocycles. The molecule has 0 saturated carbocycles. The molecular weight excluding hydrogens is 220 g/mol. The lowest BCUT2D eigenvalue weighted by Gasteiger charge is -2.24. The van der Waals surface area contributed by atoms with Gasteiger partial charge in [0.25, 0.3) is 0 Å². The highest BCUT2D eigenvalue weighted by Gasteiger charge is 2.40. The van der Waals surface area contributed by atoms with E-state index in [0.717, 1.165) is 10.8 Å². The molecule has 0 aliphatic heterocycles. The molecule has 16 heavy (non-hydrogen) atoms. The lowest BCUT2D eigenvalue weighted by atomic mass is 10.2. The molecule has 0 saturated heterocycles. The van der Waals surface area contributed by atoms with Crippen molar-refractivity contribution in [3.8, 4) is 0 Å². The van der Waals surface area contributed by atoms with Crippen molar-refractivity contribution < 1.29 is 13.3 Å². The van der Waals surface area contributed by atoms with E-state index in [9.17, 15) is 0 Å². The van der Waals surface area contributed by atoms with Crippen molar-refractivity contribution >= 4 is 20.1 Å². The second-order valence-electron chi connectivity index (χ2n) is 3.29.